The third-order valence-corrected chi connectivity index (χ3v) is 3.28. The minimum Gasteiger partial charge on any atom is -0.508 e. The van der Waals surface area contributed by atoms with Crippen molar-refractivity contribution in [3.8, 4) is 5.75 Å². The van der Waals surface area contributed by atoms with Crippen LogP contribution in [-0.4, -0.2) is 28.0 Å². The van der Waals surface area contributed by atoms with Gasteiger partial charge >= 0.3 is 0 Å². The van der Waals surface area contributed by atoms with E-state index in [2.05, 4.69) is 0 Å². The van der Waals surface area contributed by atoms with Crippen LogP contribution in [0, 0.1) is 0 Å². The second-order valence-electron chi connectivity index (χ2n) is 4.87. The SMILES string of the molecule is NC(=O)C(Cc1ccc(O)cc1)N(N)C(=O)c1ccccc1. The summed E-state index contributed by atoms with van der Waals surface area (Å²) >= 11 is 0. The van der Waals surface area contributed by atoms with Crippen molar-refractivity contribution in [2.24, 2.45) is 11.6 Å². The summed E-state index contributed by atoms with van der Waals surface area (Å²) in [6.07, 6.45) is 0.171. The van der Waals surface area contributed by atoms with Crippen molar-refractivity contribution in [2.45, 2.75) is 12.5 Å². The summed E-state index contributed by atoms with van der Waals surface area (Å²) in [5.74, 6) is 4.74. The van der Waals surface area contributed by atoms with Crippen LogP contribution in [0.3, 0.4) is 0 Å². The monoisotopic (exact) mass is 299 g/mol. The van der Waals surface area contributed by atoms with Gasteiger partial charge in [-0.25, -0.2) is 5.84 Å². The predicted octanol–water partition coefficient (Wildman–Crippen LogP) is 0.805. The molecule has 1 unspecified atom stereocenters. The molecule has 0 aliphatic carbocycles. The van der Waals surface area contributed by atoms with E-state index >= 15 is 0 Å². The van der Waals surface area contributed by atoms with E-state index in [4.69, 9.17) is 11.6 Å². The summed E-state index contributed by atoms with van der Waals surface area (Å²) in [5.41, 5.74) is 6.48. The standard InChI is InChI=1S/C16H17N3O3/c17-15(21)14(10-11-6-8-13(20)9-7-11)19(18)16(22)12-4-2-1-3-5-12/h1-9,14,20H,10,18H2,(H2,17,21). The number of phenols is 1. The van der Waals surface area contributed by atoms with Gasteiger partial charge in [0.15, 0.2) is 0 Å². The summed E-state index contributed by atoms with van der Waals surface area (Å²) in [7, 11) is 0. The molecule has 5 N–H and O–H groups in total. The van der Waals surface area contributed by atoms with Crippen LogP contribution in [0.2, 0.25) is 0 Å². The van der Waals surface area contributed by atoms with Gasteiger partial charge < -0.3 is 10.8 Å². The van der Waals surface area contributed by atoms with E-state index in [1.54, 1.807) is 42.5 Å². The first kappa shape index (κ1) is 15.5. The minimum atomic E-state index is -0.975. The van der Waals surface area contributed by atoms with E-state index in [9.17, 15) is 14.7 Å². The fourth-order valence-corrected chi connectivity index (χ4v) is 2.06. The zero-order valence-corrected chi connectivity index (χ0v) is 11.8. The molecular formula is C16H17N3O3. The topological polar surface area (TPSA) is 110 Å². The molecular weight excluding hydrogens is 282 g/mol. The summed E-state index contributed by atoms with van der Waals surface area (Å²) in [6.45, 7) is 0. The van der Waals surface area contributed by atoms with Crippen LogP contribution in [0.15, 0.2) is 54.6 Å². The molecule has 0 bridgehead atoms. The lowest BCUT2D eigenvalue weighted by atomic mass is 10.0. The van der Waals surface area contributed by atoms with Crippen LogP contribution in [0.4, 0.5) is 0 Å². The number of nitrogens with zero attached hydrogens (tertiary/aromatic N) is 1. The van der Waals surface area contributed by atoms with E-state index in [0.29, 0.717) is 5.56 Å². The number of carbonyl (C=O) groups is 2. The lowest BCUT2D eigenvalue weighted by Gasteiger charge is -2.25. The molecule has 22 heavy (non-hydrogen) atoms. The van der Waals surface area contributed by atoms with Crippen LogP contribution >= 0.6 is 0 Å². The quantitative estimate of drug-likeness (QED) is 0.431. The van der Waals surface area contributed by atoms with Crippen molar-refractivity contribution in [3.05, 3.63) is 65.7 Å². The average molecular weight is 299 g/mol. The largest absolute Gasteiger partial charge is 0.508 e. The van der Waals surface area contributed by atoms with Crippen LogP contribution < -0.4 is 11.6 Å². The molecule has 2 amide bonds. The zero-order valence-electron chi connectivity index (χ0n) is 11.8. The highest BCUT2D eigenvalue weighted by Crippen LogP contribution is 2.14. The molecule has 0 saturated heterocycles. The number of hydrazine groups is 1. The van der Waals surface area contributed by atoms with Gasteiger partial charge in [0.1, 0.15) is 11.8 Å². The molecule has 114 valence electrons. The van der Waals surface area contributed by atoms with Crippen molar-refractivity contribution in [1.82, 2.24) is 5.01 Å². The predicted molar refractivity (Wildman–Crippen MR) is 81.6 cm³/mol. The maximum atomic E-state index is 12.3. The van der Waals surface area contributed by atoms with Crippen molar-refractivity contribution in [3.63, 3.8) is 0 Å². The Labute approximate surface area is 127 Å². The number of primary amides is 1. The van der Waals surface area contributed by atoms with Gasteiger partial charge in [-0.05, 0) is 29.8 Å². The molecule has 2 aromatic rings. The van der Waals surface area contributed by atoms with Crippen molar-refractivity contribution < 1.29 is 14.7 Å². The summed E-state index contributed by atoms with van der Waals surface area (Å²) in [4.78, 5) is 23.9. The maximum Gasteiger partial charge on any atom is 0.268 e. The molecule has 0 aliphatic heterocycles. The number of aromatic hydroxyl groups is 1. The van der Waals surface area contributed by atoms with Gasteiger partial charge in [-0.2, -0.15) is 0 Å². The number of phenolic OH excluding ortho intramolecular Hbond substituents is 1. The number of carbonyl (C=O) groups excluding carboxylic acids is 2. The Hall–Kier alpha value is -2.86. The molecule has 0 radical (unpaired) electrons. The van der Waals surface area contributed by atoms with E-state index < -0.39 is 17.9 Å². The zero-order chi connectivity index (χ0) is 16.1. The Bertz CT molecular complexity index is 656. The first-order valence-electron chi connectivity index (χ1n) is 6.69. The molecule has 2 aromatic carbocycles. The van der Waals surface area contributed by atoms with Crippen molar-refractivity contribution in [1.29, 1.82) is 0 Å². The highest BCUT2D eigenvalue weighted by molar-refractivity contribution is 5.96. The molecule has 0 spiro atoms. The third-order valence-electron chi connectivity index (χ3n) is 3.28. The molecule has 6 nitrogen and oxygen atoms in total. The molecule has 6 heteroatoms. The highest BCUT2D eigenvalue weighted by Gasteiger charge is 2.26. The summed E-state index contributed by atoms with van der Waals surface area (Å²) in [5, 5.41) is 10.1. The van der Waals surface area contributed by atoms with Gasteiger partial charge in [0.25, 0.3) is 5.91 Å². The summed E-state index contributed by atoms with van der Waals surface area (Å²) < 4.78 is 0. The highest BCUT2D eigenvalue weighted by atomic mass is 16.3. The molecule has 0 fully saturated rings. The first-order chi connectivity index (χ1) is 10.5. The van der Waals surface area contributed by atoms with Gasteiger partial charge in [0, 0.05) is 12.0 Å². The Morgan fingerprint density at radius 2 is 1.64 bits per heavy atom. The van der Waals surface area contributed by atoms with Gasteiger partial charge in [-0.3, -0.25) is 14.6 Å². The second-order valence-corrected chi connectivity index (χ2v) is 4.87. The minimum absolute atomic E-state index is 0.115. The molecule has 0 aliphatic rings. The van der Waals surface area contributed by atoms with Gasteiger partial charge in [0.05, 0.1) is 0 Å². The van der Waals surface area contributed by atoms with Crippen molar-refractivity contribution in [2.75, 3.05) is 0 Å². The number of nitrogens with two attached hydrogens (primary N) is 2. The Morgan fingerprint density at radius 3 is 2.18 bits per heavy atom. The molecule has 2 rings (SSSR count). The number of amides is 2. The third kappa shape index (κ3) is 3.62. The van der Waals surface area contributed by atoms with Crippen molar-refractivity contribution >= 4 is 11.8 Å². The normalized spacial score (nSPS) is 11.7. The van der Waals surface area contributed by atoms with Gasteiger partial charge in [-0.1, -0.05) is 30.3 Å². The Kier molecular flexibility index (Phi) is 4.75. The summed E-state index contributed by atoms with van der Waals surface area (Å²) in [6, 6.07) is 13.7. The first-order valence-corrected chi connectivity index (χ1v) is 6.69. The van der Waals surface area contributed by atoms with Crippen LogP contribution in [0.5, 0.6) is 5.75 Å². The van der Waals surface area contributed by atoms with E-state index in [-0.39, 0.29) is 12.2 Å². The van der Waals surface area contributed by atoms with E-state index in [1.807, 2.05) is 0 Å². The number of hydrogen-bond donors (Lipinski definition) is 3. The van der Waals surface area contributed by atoms with E-state index in [1.165, 1.54) is 12.1 Å². The fraction of sp³-hybridized carbons (Fsp3) is 0.125. The molecule has 0 saturated carbocycles. The molecule has 0 heterocycles. The molecule has 0 aromatic heterocycles. The Balaban J connectivity index is 2.18. The fourth-order valence-electron chi connectivity index (χ4n) is 2.06. The molecule has 1 atom stereocenters. The number of hydrogen-bond acceptors (Lipinski definition) is 4. The lowest BCUT2D eigenvalue weighted by Crippen LogP contribution is -2.53. The maximum absolute atomic E-state index is 12.3. The van der Waals surface area contributed by atoms with Crippen LogP contribution in [0.1, 0.15) is 15.9 Å². The second kappa shape index (κ2) is 6.73. The average Bonchev–Trinajstić information content (AvgIpc) is 2.53. The van der Waals surface area contributed by atoms with E-state index in [0.717, 1.165) is 10.6 Å². The number of benzene rings is 2. The Morgan fingerprint density at radius 1 is 1.05 bits per heavy atom. The van der Waals surface area contributed by atoms with Gasteiger partial charge in [-0.15, -0.1) is 0 Å². The number of rotatable bonds is 5. The van der Waals surface area contributed by atoms with Gasteiger partial charge in [0.2, 0.25) is 5.91 Å². The lowest BCUT2D eigenvalue weighted by molar-refractivity contribution is -0.122. The smallest absolute Gasteiger partial charge is 0.268 e. The van der Waals surface area contributed by atoms with Crippen LogP contribution in [0.25, 0.3) is 0 Å². The van der Waals surface area contributed by atoms with Crippen LogP contribution in [-0.2, 0) is 11.2 Å².